The van der Waals surface area contributed by atoms with Gasteiger partial charge in [0.25, 0.3) is 0 Å². The number of aromatic carboxylic acids is 1. The second kappa shape index (κ2) is 5.12. The first-order valence-corrected chi connectivity index (χ1v) is 7.39. The number of ether oxygens (including phenoxy) is 1. The minimum atomic E-state index is -3.86. The van der Waals surface area contributed by atoms with E-state index in [0.717, 1.165) is 17.0 Å². The number of nitrogens with zero attached hydrogens (tertiary/aromatic N) is 1. The molecule has 108 valence electrons. The lowest BCUT2D eigenvalue weighted by Gasteiger charge is -2.19. The molecule has 0 spiro atoms. The molecule has 7 nitrogen and oxygen atoms in total. The van der Waals surface area contributed by atoms with Crippen LogP contribution < -0.4 is 4.31 Å². The van der Waals surface area contributed by atoms with Gasteiger partial charge in [-0.05, 0) is 24.1 Å². The summed E-state index contributed by atoms with van der Waals surface area (Å²) in [6, 6.07) is 4.32. The van der Waals surface area contributed by atoms with Crippen molar-refractivity contribution in [1.82, 2.24) is 0 Å². The number of benzene rings is 1. The fourth-order valence-electron chi connectivity index (χ4n) is 2.06. The molecule has 20 heavy (non-hydrogen) atoms. The van der Waals surface area contributed by atoms with Crippen molar-refractivity contribution in [3.05, 3.63) is 29.3 Å². The van der Waals surface area contributed by atoms with Gasteiger partial charge in [0.05, 0.1) is 18.4 Å². The summed E-state index contributed by atoms with van der Waals surface area (Å²) in [6.07, 6.45) is 0.482. The standard InChI is InChI=1S/C12H13NO6S/c1-19-11(14)7-20(17,18)13-5-4-8-2-3-9(12(15)16)6-10(8)13/h2-3,6H,4-5,7H2,1H3,(H,15,16). The van der Waals surface area contributed by atoms with Crippen molar-refractivity contribution in [1.29, 1.82) is 0 Å². The summed E-state index contributed by atoms with van der Waals surface area (Å²) in [4.78, 5) is 22.1. The maximum absolute atomic E-state index is 12.1. The summed E-state index contributed by atoms with van der Waals surface area (Å²) < 4.78 is 29.7. The van der Waals surface area contributed by atoms with Crippen LogP contribution in [0, 0.1) is 0 Å². The van der Waals surface area contributed by atoms with Gasteiger partial charge in [-0.15, -0.1) is 0 Å². The second-order valence-electron chi connectivity index (χ2n) is 4.30. The predicted octanol–water partition coefficient (Wildman–Crippen LogP) is 0.250. The Morgan fingerprint density at radius 2 is 2.10 bits per heavy atom. The molecule has 1 aromatic rings. The van der Waals surface area contributed by atoms with Gasteiger partial charge in [-0.1, -0.05) is 6.07 Å². The zero-order chi connectivity index (χ0) is 14.9. The van der Waals surface area contributed by atoms with Crippen molar-refractivity contribution in [3.63, 3.8) is 0 Å². The van der Waals surface area contributed by atoms with E-state index in [1.54, 1.807) is 6.07 Å². The Morgan fingerprint density at radius 3 is 2.70 bits per heavy atom. The average molecular weight is 299 g/mol. The normalized spacial score (nSPS) is 13.9. The van der Waals surface area contributed by atoms with E-state index in [-0.39, 0.29) is 12.1 Å². The predicted molar refractivity (Wildman–Crippen MR) is 70.3 cm³/mol. The van der Waals surface area contributed by atoms with Gasteiger partial charge in [0.15, 0.2) is 5.75 Å². The fraction of sp³-hybridized carbons (Fsp3) is 0.333. The molecule has 1 aliphatic rings. The van der Waals surface area contributed by atoms with E-state index >= 15 is 0 Å². The molecule has 1 heterocycles. The van der Waals surface area contributed by atoms with Crippen LogP contribution in [0.25, 0.3) is 0 Å². The molecular weight excluding hydrogens is 286 g/mol. The third-order valence-corrected chi connectivity index (χ3v) is 4.70. The molecule has 0 bridgehead atoms. The van der Waals surface area contributed by atoms with E-state index in [1.165, 1.54) is 12.1 Å². The van der Waals surface area contributed by atoms with Crippen molar-refractivity contribution in [2.24, 2.45) is 0 Å². The first-order chi connectivity index (χ1) is 9.35. The molecule has 0 radical (unpaired) electrons. The van der Waals surface area contributed by atoms with Gasteiger partial charge < -0.3 is 9.84 Å². The molecule has 1 N–H and O–H groups in total. The van der Waals surface area contributed by atoms with Crippen molar-refractivity contribution in [3.8, 4) is 0 Å². The lowest BCUT2D eigenvalue weighted by atomic mass is 10.1. The van der Waals surface area contributed by atoms with Crippen molar-refractivity contribution in [2.75, 3.05) is 23.7 Å². The van der Waals surface area contributed by atoms with E-state index in [9.17, 15) is 18.0 Å². The monoisotopic (exact) mass is 299 g/mol. The Kier molecular flexibility index (Phi) is 3.67. The van der Waals surface area contributed by atoms with Gasteiger partial charge in [-0.3, -0.25) is 9.10 Å². The van der Waals surface area contributed by atoms with Gasteiger partial charge in [0, 0.05) is 6.54 Å². The number of anilines is 1. The number of hydrogen-bond acceptors (Lipinski definition) is 5. The van der Waals surface area contributed by atoms with Gasteiger partial charge >= 0.3 is 11.9 Å². The number of rotatable bonds is 4. The second-order valence-corrected chi connectivity index (χ2v) is 6.20. The molecule has 1 aliphatic heterocycles. The summed E-state index contributed by atoms with van der Waals surface area (Å²) in [5.74, 6) is -2.75. The number of carbonyl (C=O) groups is 2. The van der Waals surface area contributed by atoms with E-state index in [0.29, 0.717) is 12.1 Å². The summed E-state index contributed by atoms with van der Waals surface area (Å²) in [6.45, 7) is 0.192. The zero-order valence-corrected chi connectivity index (χ0v) is 11.5. The summed E-state index contributed by atoms with van der Waals surface area (Å²) in [5.41, 5.74) is 1.06. The highest BCUT2D eigenvalue weighted by atomic mass is 32.2. The van der Waals surface area contributed by atoms with Gasteiger partial charge in [-0.2, -0.15) is 0 Å². The maximum atomic E-state index is 12.1. The minimum absolute atomic E-state index is 0.00363. The van der Waals surface area contributed by atoms with E-state index in [4.69, 9.17) is 5.11 Å². The van der Waals surface area contributed by atoms with E-state index in [1.807, 2.05) is 0 Å². The SMILES string of the molecule is COC(=O)CS(=O)(=O)N1CCc2ccc(C(=O)O)cc21. The van der Waals surface area contributed by atoms with Crippen LogP contribution in [0.1, 0.15) is 15.9 Å². The number of hydrogen-bond donors (Lipinski definition) is 1. The molecule has 0 fully saturated rings. The molecule has 0 amide bonds. The van der Waals surface area contributed by atoms with Crippen molar-refractivity contribution < 1.29 is 27.9 Å². The third-order valence-electron chi connectivity index (χ3n) is 3.05. The molecule has 1 aromatic carbocycles. The largest absolute Gasteiger partial charge is 0.478 e. The number of carboxylic acids is 1. The highest BCUT2D eigenvalue weighted by Gasteiger charge is 2.32. The zero-order valence-electron chi connectivity index (χ0n) is 10.7. The topological polar surface area (TPSA) is 101 Å². The van der Waals surface area contributed by atoms with E-state index < -0.39 is 27.7 Å². The number of carboxylic acid groups (broad SMARTS) is 1. The van der Waals surface area contributed by atoms with Crippen LogP contribution in [0.3, 0.4) is 0 Å². The number of methoxy groups -OCH3 is 1. The summed E-state index contributed by atoms with van der Waals surface area (Å²) >= 11 is 0. The van der Waals surface area contributed by atoms with Crippen LogP contribution in [-0.4, -0.2) is 44.9 Å². The van der Waals surface area contributed by atoms with Crippen LogP contribution in [0.5, 0.6) is 0 Å². The third kappa shape index (κ3) is 2.60. The Morgan fingerprint density at radius 1 is 1.40 bits per heavy atom. The average Bonchev–Trinajstić information content (AvgIpc) is 2.81. The fourth-order valence-corrected chi connectivity index (χ4v) is 3.47. The summed E-state index contributed by atoms with van der Waals surface area (Å²) in [5, 5.41) is 8.95. The van der Waals surface area contributed by atoms with Crippen LogP contribution in [0.4, 0.5) is 5.69 Å². The first kappa shape index (κ1) is 14.3. The smallest absolute Gasteiger partial charge is 0.335 e. The highest BCUT2D eigenvalue weighted by molar-refractivity contribution is 7.93. The molecular formula is C12H13NO6S. The van der Waals surface area contributed by atoms with Crippen LogP contribution >= 0.6 is 0 Å². The lowest BCUT2D eigenvalue weighted by molar-refractivity contribution is -0.137. The molecule has 0 unspecified atom stereocenters. The Hall–Kier alpha value is -2.09. The molecule has 8 heteroatoms. The molecule has 0 aromatic heterocycles. The van der Waals surface area contributed by atoms with Gasteiger partial charge in [0.2, 0.25) is 10.0 Å². The Balaban J connectivity index is 2.38. The minimum Gasteiger partial charge on any atom is -0.478 e. The summed E-state index contributed by atoms with van der Waals surface area (Å²) in [7, 11) is -2.75. The van der Waals surface area contributed by atoms with Crippen molar-refractivity contribution >= 4 is 27.6 Å². The molecule has 0 aliphatic carbocycles. The van der Waals surface area contributed by atoms with Crippen molar-refractivity contribution in [2.45, 2.75) is 6.42 Å². The van der Waals surface area contributed by atoms with Crippen LogP contribution in [0.15, 0.2) is 18.2 Å². The van der Waals surface area contributed by atoms with Crippen LogP contribution in [-0.2, 0) is 26.0 Å². The number of esters is 1. The molecule has 0 saturated heterocycles. The molecule has 2 rings (SSSR count). The number of carbonyl (C=O) groups excluding carboxylic acids is 1. The quantitative estimate of drug-likeness (QED) is 0.800. The Labute approximate surface area is 115 Å². The number of sulfonamides is 1. The Bertz CT molecular complexity index is 667. The van der Waals surface area contributed by atoms with Crippen LogP contribution in [0.2, 0.25) is 0 Å². The molecule has 0 saturated carbocycles. The maximum Gasteiger partial charge on any atom is 0.335 e. The highest BCUT2D eigenvalue weighted by Crippen LogP contribution is 2.31. The number of fused-ring (bicyclic) bond motifs is 1. The van der Waals surface area contributed by atoms with Gasteiger partial charge in [-0.25, -0.2) is 13.2 Å². The lowest BCUT2D eigenvalue weighted by Crippen LogP contribution is -2.34. The first-order valence-electron chi connectivity index (χ1n) is 5.78. The molecule has 0 atom stereocenters. The van der Waals surface area contributed by atoms with Gasteiger partial charge in [0.1, 0.15) is 0 Å². The van der Waals surface area contributed by atoms with E-state index in [2.05, 4.69) is 4.74 Å².